The number of hydrogen-bond acceptors (Lipinski definition) is 13. The molecule has 0 saturated carbocycles. The number of nitrogens with two attached hydrogens (primary N) is 6. The zero-order valence-electron chi connectivity index (χ0n) is 32.8. The molecule has 7 rings (SSSR count). The van der Waals surface area contributed by atoms with Crippen molar-refractivity contribution in [3.63, 3.8) is 0 Å². The van der Waals surface area contributed by atoms with Crippen LogP contribution >= 0.6 is 0 Å². The Bertz CT molecular complexity index is 2390. The zero-order chi connectivity index (χ0) is 44.9. The van der Waals surface area contributed by atoms with Crippen molar-refractivity contribution in [3.05, 3.63) is 173 Å². The molecule has 0 aliphatic carbocycles. The lowest BCUT2D eigenvalue weighted by molar-refractivity contribution is 0.0991. The lowest BCUT2D eigenvalue weighted by atomic mass is 10.1. The number of nitrogens with zero attached hydrogens (tertiary/aromatic N) is 7. The van der Waals surface area contributed by atoms with Crippen molar-refractivity contribution in [2.75, 3.05) is 14.7 Å². The molecule has 6 amide bonds. The Balaban J connectivity index is 1.56. The number of pyridine rings is 4. The minimum atomic E-state index is -0.713. The normalized spacial score (nSPS) is 10.7. The topological polar surface area (TPSA) is 320 Å². The number of anilines is 9. The number of hydrogen-bond donors (Lipinski definition) is 6. The first kappa shape index (κ1) is 41.6. The van der Waals surface area contributed by atoms with Crippen molar-refractivity contribution in [1.29, 1.82) is 0 Å². The summed E-state index contributed by atoms with van der Waals surface area (Å²) in [5.74, 6) is -3.02. The lowest BCUT2D eigenvalue weighted by Crippen LogP contribution is -2.21. The summed E-state index contributed by atoms with van der Waals surface area (Å²) < 4.78 is 0. The molecule has 7 aromatic rings. The van der Waals surface area contributed by atoms with Gasteiger partial charge in [0.05, 0.1) is 22.4 Å². The van der Waals surface area contributed by atoms with E-state index in [1.165, 1.54) is 73.2 Å². The van der Waals surface area contributed by atoms with Crippen LogP contribution in [0, 0.1) is 0 Å². The van der Waals surface area contributed by atoms with Gasteiger partial charge in [0.15, 0.2) is 0 Å². The van der Waals surface area contributed by atoms with Crippen LogP contribution in [0.15, 0.2) is 140 Å². The van der Waals surface area contributed by atoms with Gasteiger partial charge in [-0.15, -0.1) is 0 Å². The Morgan fingerprint density at radius 1 is 0.302 bits per heavy atom. The molecule has 63 heavy (non-hydrogen) atoms. The van der Waals surface area contributed by atoms with Gasteiger partial charge in [0.2, 0.25) is 35.4 Å². The molecule has 0 fully saturated rings. The third kappa shape index (κ3) is 8.91. The van der Waals surface area contributed by atoms with E-state index in [0.717, 1.165) is 0 Å². The molecule has 0 bridgehead atoms. The van der Waals surface area contributed by atoms with Crippen LogP contribution in [0.2, 0.25) is 0 Å². The Morgan fingerprint density at radius 3 is 0.810 bits per heavy atom. The predicted molar refractivity (Wildman–Crippen MR) is 233 cm³/mol. The third-order valence-electron chi connectivity index (χ3n) is 9.51. The second-order valence-electron chi connectivity index (χ2n) is 13.6. The van der Waals surface area contributed by atoms with Gasteiger partial charge in [-0.2, -0.15) is 0 Å². The molecule has 0 spiro atoms. The molecule has 0 radical (unpaired) electrons. The maximum atomic E-state index is 12.2. The van der Waals surface area contributed by atoms with Gasteiger partial charge >= 0.3 is 0 Å². The molecule has 19 nitrogen and oxygen atoms in total. The van der Waals surface area contributed by atoms with Crippen molar-refractivity contribution >= 4 is 87.3 Å². The van der Waals surface area contributed by atoms with Gasteiger partial charge < -0.3 is 34.4 Å². The average molecular weight is 842 g/mol. The Hall–Kier alpha value is -9.52. The fraction of sp³-hybridized carbons (Fsp3) is 0. The first-order valence-electron chi connectivity index (χ1n) is 18.6. The maximum Gasteiger partial charge on any atom is 0.250 e. The van der Waals surface area contributed by atoms with Crippen molar-refractivity contribution in [1.82, 2.24) is 19.9 Å². The van der Waals surface area contributed by atoms with E-state index in [1.807, 2.05) is 0 Å². The summed E-state index contributed by atoms with van der Waals surface area (Å²) in [6, 6.07) is 31.3. The van der Waals surface area contributed by atoms with Crippen molar-refractivity contribution < 1.29 is 28.8 Å². The van der Waals surface area contributed by atoms with E-state index >= 15 is 0 Å². The molecule has 0 saturated heterocycles. The van der Waals surface area contributed by atoms with Gasteiger partial charge in [0.25, 0.3) is 0 Å². The third-order valence-corrected chi connectivity index (χ3v) is 9.51. The molecule has 4 heterocycles. The van der Waals surface area contributed by atoms with E-state index in [-0.39, 0.29) is 62.5 Å². The monoisotopic (exact) mass is 841 g/mol. The first-order chi connectivity index (χ1) is 30.2. The Kier molecular flexibility index (Phi) is 11.5. The van der Waals surface area contributed by atoms with Crippen LogP contribution in [0.5, 0.6) is 0 Å². The highest BCUT2D eigenvalue weighted by Gasteiger charge is 2.26. The zero-order valence-corrected chi connectivity index (χ0v) is 32.8. The van der Waals surface area contributed by atoms with E-state index in [1.54, 1.807) is 81.4 Å². The molecular weight excluding hydrogens is 807 g/mol. The number of carbonyl (C=O) groups excluding carboxylic acids is 6. The standard InChI is InChI=1S/C44H35N13O6/c45-39(58)24-1-10-30(11-2-24)55(34-16-7-27(21-51-34)42(48)61)33-19-37(56(31-12-3-25(4-13-31)40(46)59)35-17-8-28(22-52-35)43(49)62)54-38(20-33)57(32-14-5-26(6-15-32)41(47)60)36-18-9-29(23-53-36)44(50)63/h1-23H,(H2,45,58)(H2,46,59)(H2,47,60)(H2,48,61)(H2,49,62)(H2,50,63). The highest BCUT2D eigenvalue weighted by molar-refractivity contribution is 5.97. The number of rotatable bonds is 15. The van der Waals surface area contributed by atoms with Gasteiger partial charge in [-0.25, -0.2) is 19.9 Å². The smallest absolute Gasteiger partial charge is 0.250 e. The largest absolute Gasteiger partial charge is 0.366 e. The summed E-state index contributed by atoms with van der Waals surface area (Å²) in [6.45, 7) is 0. The summed E-state index contributed by atoms with van der Waals surface area (Å²) in [6.07, 6.45) is 3.89. The molecular formula is C44H35N13O6. The van der Waals surface area contributed by atoms with Crippen LogP contribution in [0.1, 0.15) is 62.1 Å². The summed E-state index contributed by atoms with van der Waals surface area (Å²) in [5.41, 5.74) is 36.2. The number of amides is 6. The summed E-state index contributed by atoms with van der Waals surface area (Å²) in [7, 11) is 0. The molecule has 4 aromatic heterocycles. The second kappa shape index (κ2) is 17.4. The van der Waals surface area contributed by atoms with Crippen LogP contribution < -0.4 is 49.1 Å². The second-order valence-corrected chi connectivity index (χ2v) is 13.6. The fourth-order valence-electron chi connectivity index (χ4n) is 6.34. The van der Waals surface area contributed by atoms with Crippen LogP contribution in [-0.2, 0) is 0 Å². The van der Waals surface area contributed by atoms with Gasteiger partial charge in [0.1, 0.15) is 29.1 Å². The molecule has 312 valence electrons. The Morgan fingerprint density at radius 2 is 0.556 bits per heavy atom. The summed E-state index contributed by atoms with van der Waals surface area (Å²) in [5, 5.41) is 0. The van der Waals surface area contributed by atoms with E-state index in [4.69, 9.17) is 39.4 Å². The molecule has 19 heteroatoms. The maximum absolute atomic E-state index is 12.2. The SMILES string of the molecule is NC(=O)c1ccc(N(c2cc(N(c3ccc(C(N)=O)cc3)c3ccc(C(N)=O)cn3)nc(N(c3ccc(C(N)=O)cc3)c3ccc(C(N)=O)cn3)c2)c2ccc(C(N)=O)cn2)cc1. The first-order valence-corrected chi connectivity index (χ1v) is 18.6. The van der Waals surface area contributed by atoms with Crippen molar-refractivity contribution in [3.8, 4) is 0 Å². The number of benzene rings is 3. The molecule has 0 atom stereocenters. The average Bonchev–Trinajstić information content (AvgIpc) is 3.28. The van der Waals surface area contributed by atoms with Crippen molar-refractivity contribution in [2.24, 2.45) is 34.4 Å². The molecule has 0 unspecified atom stereocenters. The highest BCUT2D eigenvalue weighted by Crippen LogP contribution is 2.43. The van der Waals surface area contributed by atoms with Gasteiger partial charge in [-0.1, -0.05) is 0 Å². The molecule has 12 N–H and O–H groups in total. The Labute approximate surface area is 357 Å². The number of primary amides is 6. The van der Waals surface area contributed by atoms with E-state index in [0.29, 0.717) is 22.7 Å². The van der Waals surface area contributed by atoms with E-state index in [2.05, 4.69) is 15.0 Å². The van der Waals surface area contributed by atoms with Gasteiger partial charge in [-0.3, -0.25) is 43.5 Å². The van der Waals surface area contributed by atoms with Crippen LogP contribution in [0.25, 0.3) is 0 Å². The van der Waals surface area contributed by atoms with Gasteiger partial charge in [0, 0.05) is 64.5 Å². The quantitative estimate of drug-likeness (QED) is 0.0841. The number of carbonyl (C=O) groups is 6. The molecule has 0 aliphatic rings. The van der Waals surface area contributed by atoms with E-state index < -0.39 is 35.4 Å². The minimum Gasteiger partial charge on any atom is -0.366 e. The van der Waals surface area contributed by atoms with Crippen LogP contribution in [0.4, 0.5) is 51.8 Å². The van der Waals surface area contributed by atoms with Crippen LogP contribution in [0.3, 0.4) is 0 Å². The number of aromatic nitrogens is 4. The van der Waals surface area contributed by atoms with E-state index in [9.17, 15) is 28.8 Å². The van der Waals surface area contributed by atoms with Crippen molar-refractivity contribution in [2.45, 2.75) is 0 Å². The summed E-state index contributed by atoms with van der Waals surface area (Å²) >= 11 is 0. The molecule has 3 aromatic carbocycles. The predicted octanol–water partition coefficient (Wildman–Crippen LogP) is 4.27. The fourth-order valence-corrected chi connectivity index (χ4v) is 6.34. The summed E-state index contributed by atoms with van der Waals surface area (Å²) in [4.78, 5) is 96.6. The highest BCUT2D eigenvalue weighted by atomic mass is 16.2. The van der Waals surface area contributed by atoms with Crippen LogP contribution in [-0.4, -0.2) is 55.4 Å². The lowest BCUT2D eigenvalue weighted by Gasteiger charge is -2.31. The molecule has 0 aliphatic heterocycles. The van der Waals surface area contributed by atoms with Gasteiger partial charge in [-0.05, 0) is 109 Å². The minimum absolute atomic E-state index is 0.123.